The number of nitro benzene ring substituents is 1. The quantitative estimate of drug-likeness (QED) is 0.278. The molecule has 0 fully saturated rings. The maximum atomic E-state index is 11.5. The molecule has 0 atom stereocenters. The monoisotopic (exact) mass is 247 g/mol. The van der Waals surface area contributed by atoms with Crippen molar-refractivity contribution in [3.8, 4) is 6.07 Å². The second-order valence-corrected chi connectivity index (χ2v) is 3.33. The van der Waals surface area contributed by atoms with Crippen molar-refractivity contribution in [1.29, 1.82) is 5.26 Å². The molecule has 0 aliphatic carbocycles. The Morgan fingerprint density at radius 1 is 1.44 bits per heavy atom. The zero-order valence-corrected chi connectivity index (χ0v) is 9.38. The number of carbonyl (C=O) groups is 1. The van der Waals surface area contributed by atoms with E-state index in [1.54, 1.807) is 6.07 Å². The molecule has 0 saturated carbocycles. The predicted molar refractivity (Wildman–Crippen MR) is 62.7 cm³/mol. The zero-order chi connectivity index (χ0) is 13.7. The molecule has 0 aliphatic heterocycles. The Morgan fingerprint density at radius 3 is 2.39 bits per heavy atom. The second kappa shape index (κ2) is 5.45. The lowest BCUT2D eigenvalue weighted by molar-refractivity contribution is -0.384. The van der Waals surface area contributed by atoms with Crippen molar-refractivity contribution in [1.82, 2.24) is 0 Å². The number of nitrogens with zero attached hydrogens (tertiary/aromatic N) is 2. The average molecular weight is 247 g/mol. The predicted octanol–water partition coefficient (Wildman–Crippen LogP) is 1.89. The van der Waals surface area contributed by atoms with Gasteiger partial charge in [0.15, 0.2) is 5.57 Å². The van der Waals surface area contributed by atoms with Crippen LogP contribution < -0.4 is 5.32 Å². The molecule has 7 heteroatoms. The Morgan fingerprint density at radius 2 is 2.00 bits per heavy atom. The van der Waals surface area contributed by atoms with Crippen molar-refractivity contribution in [2.75, 3.05) is 5.32 Å². The lowest BCUT2D eigenvalue weighted by atomic mass is 10.2. The highest BCUT2D eigenvalue weighted by Crippen LogP contribution is 2.16. The summed E-state index contributed by atoms with van der Waals surface area (Å²) in [6.07, 6.45) is 0. The van der Waals surface area contributed by atoms with Gasteiger partial charge in [0, 0.05) is 17.8 Å². The molecule has 1 aromatic carbocycles. The van der Waals surface area contributed by atoms with Crippen LogP contribution in [0.15, 0.2) is 35.6 Å². The molecule has 0 saturated heterocycles. The number of non-ortho nitro benzene ring substituents is 1. The van der Waals surface area contributed by atoms with Gasteiger partial charge in [-0.2, -0.15) is 5.26 Å². The number of amides is 1. The molecule has 0 unspecified atom stereocenters. The summed E-state index contributed by atoms with van der Waals surface area (Å²) in [5.41, 5.74) is -0.227. The van der Waals surface area contributed by atoms with E-state index in [1.807, 2.05) is 0 Å². The zero-order valence-electron chi connectivity index (χ0n) is 9.38. The number of benzene rings is 1. The van der Waals surface area contributed by atoms with Crippen LogP contribution in [0.1, 0.15) is 6.92 Å². The SMILES string of the molecule is CC(O)=C(C#N)C(=O)Nc1ccc([N+](=O)[O-])cc1. The summed E-state index contributed by atoms with van der Waals surface area (Å²) in [6, 6.07) is 6.66. The van der Waals surface area contributed by atoms with Crippen molar-refractivity contribution in [3.63, 3.8) is 0 Å². The molecule has 1 amide bonds. The summed E-state index contributed by atoms with van der Waals surface area (Å²) < 4.78 is 0. The van der Waals surface area contributed by atoms with Crippen LogP contribution in [0.3, 0.4) is 0 Å². The first-order valence-corrected chi connectivity index (χ1v) is 4.81. The van der Waals surface area contributed by atoms with Gasteiger partial charge in [-0.3, -0.25) is 14.9 Å². The first-order valence-electron chi connectivity index (χ1n) is 4.81. The van der Waals surface area contributed by atoms with Gasteiger partial charge in [-0.1, -0.05) is 0 Å². The molecule has 7 nitrogen and oxygen atoms in total. The Labute approximate surface area is 102 Å². The minimum atomic E-state index is -0.772. The van der Waals surface area contributed by atoms with E-state index >= 15 is 0 Å². The van der Waals surface area contributed by atoms with E-state index in [0.29, 0.717) is 5.69 Å². The van der Waals surface area contributed by atoms with Crippen molar-refractivity contribution in [3.05, 3.63) is 45.7 Å². The van der Waals surface area contributed by atoms with Crippen LogP contribution >= 0.6 is 0 Å². The molecule has 92 valence electrons. The van der Waals surface area contributed by atoms with Crippen LogP contribution in [0.25, 0.3) is 0 Å². The number of aliphatic hydroxyl groups excluding tert-OH is 1. The van der Waals surface area contributed by atoms with Gasteiger partial charge < -0.3 is 10.4 Å². The Kier molecular flexibility index (Phi) is 3.99. The van der Waals surface area contributed by atoms with Crippen LogP contribution in [-0.4, -0.2) is 15.9 Å². The summed E-state index contributed by atoms with van der Waals surface area (Å²) in [4.78, 5) is 21.4. The van der Waals surface area contributed by atoms with Crippen LogP contribution in [-0.2, 0) is 4.79 Å². The molecule has 0 aliphatic rings. The van der Waals surface area contributed by atoms with E-state index < -0.39 is 22.2 Å². The number of hydrogen-bond donors (Lipinski definition) is 2. The minimum Gasteiger partial charge on any atom is -0.511 e. The van der Waals surface area contributed by atoms with E-state index in [4.69, 9.17) is 10.4 Å². The Balaban J connectivity index is 2.87. The molecule has 0 heterocycles. The maximum Gasteiger partial charge on any atom is 0.269 e. The Bertz CT molecular complexity index is 551. The number of nitro groups is 1. The first kappa shape index (κ1) is 13.2. The van der Waals surface area contributed by atoms with Gasteiger partial charge in [0.1, 0.15) is 11.8 Å². The highest BCUT2D eigenvalue weighted by atomic mass is 16.6. The number of nitrogens with one attached hydrogen (secondary N) is 1. The largest absolute Gasteiger partial charge is 0.511 e. The molecule has 0 spiro atoms. The minimum absolute atomic E-state index is 0.109. The normalized spacial score (nSPS) is 11.1. The van der Waals surface area contributed by atoms with Gasteiger partial charge in [0.2, 0.25) is 0 Å². The summed E-state index contributed by atoms with van der Waals surface area (Å²) in [7, 11) is 0. The molecule has 2 N–H and O–H groups in total. The highest BCUT2D eigenvalue weighted by molar-refractivity contribution is 6.06. The maximum absolute atomic E-state index is 11.5. The third kappa shape index (κ3) is 3.05. The topological polar surface area (TPSA) is 116 Å². The van der Waals surface area contributed by atoms with Crippen LogP contribution in [0.5, 0.6) is 0 Å². The Hall–Kier alpha value is -2.88. The molecule has 1 aromatic rings. The molecule has 0 bridgehead atoms. The van der Waals surface area contributed by atoms with Crippen LogP contribution in [0.2, 0.25) is 0 Å². The second-order valence-electron chi connectivity index (χ2n) is 3.33. The van der Waals surface area contributed by atoms with Gasteiger partial charge in [-0.25, -0.2) is 0 Å². The lowest BCUT2D eigenvalue weighted by Crippen LogP contribution is -2.14. The third-order valence-electron chi connectivity index (χ3n) is 2.04. The third-order valence-corrected chi connectivity index (χ3v) is 2.04. The highest BCUT2D eigenvalue weighted by Gasteiger charge is 2.13. The fraction of sp³-hybridized carbons (Fsp3) is 0.0909. The number of anilines is 1. The smallest absolute Gasteiger partial charge is 0.269 e. The molecule has 18 heavy (non-hydrogen) atoms. The van der Waals surface area contributed by atoms with Crippen molar-refractivity contribution >= 4 is 17.3 Å². The average Bonchev–Trinajstić information content (AvgIpc) is 2.29. The number of hydrogen-bond acceptors (Lipinski definition) is 5. The van der Waals surface area contributed by atoms with E-state index in [0.717, 1.165) is 0 Å². The van der Waals surface area contributed by atoms with Gasteiger partial charge in [0.05, 0.1) is 4.92 Å². The van der Waals surface area contributed by atoms with Gasteiger partial charge >= 0.3 is 0 Å². The van der Waals surface area contributed by atoms with Gasteiger partial charge in [0.25, 0.3) is 11.6 Å². The van der Waals surface area contributed by atoms with Crippen molar-refractivity contribution in [2.24, 2.45) is 0 Å². The number of allylic oxidation sites excluding steroid dienone is 1. The summed E-state index contributed by atoms with van der Waals surface area (Å²) in [5.74, 6) is -1.16. The first-order chi connectivity index (χ1) is 8.45. The fourth-order valence-electron chi connectivity index (χ4n) is 1.16. The van der Waals surface area contributed by atoms with Crippen LogP contribution in [0.4, 0.5) is 11.4 Å². The van der Waals surface area contributed by atoms with Crippen molar-refractivity contribution in [2.45, 2.75) is 6.92 Å². The van der Waals surface area contributed by atoms with Crippen LogP contribution in [0, 0.1) is 21.4 Å². The fourth-order valence-corrected chi connectivity index (χ4v) is 1.16. The number of aliphatic hydroxyl groups is 1. The molecule has 0 aromatic heterocycles. The van der Waals surface area contributed by atoms with Crippen molar-refractivity contribution < 1.29 is 14.8 Å². The van der Waals surface area contributed by atoms with E-state index in [1.165, 1.54) is 31.2 Å². The summed E-state index contributed by atoms with van der Waals surface area (Å²) >= 11 is 0. The summed E-state index contributed by atoms with van der Waals surface area (Å²) in [6.45, 7) is 1.22. The molecule has 0 radical (unpaired) electrons. The number of nitriles is 1. The number of carbonyl (C=O) groups excluding carboxylic acids is 1. The molecule has 1 rings (SSSR count). The standard InChI is InChI=1S/C11H9N3O4/c1-7(15)10(6-12)11(16)13-8-2-4-9(5-3-8)14(17)18/h2-5,15H,1H3,(H,13,16). The lowest BCUT2D eigenvalue weighted by Gasteiger charge is -2.04. The number of rotatable bonds is 3. The van der Waals surface area contributed by atoms with Gasteiger partial charge in [-0.05, 0) is 19.1 Å². The molecular weight excluding hydrogens is 238 g/mol. The van der Waals surface area contributed by atoms with E-state index in [9.17, 15) is 14.9 Å². The van der Waals surface area contributed by atoms with E-state index in [2.05, 4.69) is 5.32 Å². The van der Waals surface area contributed by atoms with E-state index in [-0.39, 0.29) is 5.69 Å². The summed E-state index contributed by atoms with van der Waals surface area (Å²) in [5, 5.41) is 30.5. The molecular formula is C11H9N3O4. The van der Waals surface area contributed by atoms with Gasteiger partial charge in [-0.15, -0.1) is 0 Å².